The molecule has 0 aliphatic carbocycles. The van der Waals surface area contributed by atoms with Gasteiger partial charge in [0.25, 0.3) is 0 Å². The molecule has 0 amide bonds. The predicted molar refractivity (Wildman–Crippen MR) is 73.2 cm³/mol. The molecule has 2 heterocycles. The first-order valence-corrected chi connectivity index (χ1v) is 6.33. The largest absolute Gasteiger partial charge is 0.339 e. The number of alkyl halides is 1. The summed E-state index contributed by atoms with van der Waals surface area (Å²) in [5.41, 5.74) is 1.35. The van der Waals surface area contributed by atoms with Gasteiger partial charge in [-0.1, -0.05) is 11.8 Å². The van der Waals surface area contributed by atoms with Gasteiger partial charge in [-0.15, -0.1) is 0 Å². The van der Waals surface area contributed by atoms with Gasteiger partial charge >= 0.3 is 0 Å². The number of nitrogens with one attached hydrogen (secondary N) is 2. The van der Waals surface area contributed by atoms with Gasteiger partial charge in [-0.05, 0) is 18.2 Å². The summed E-state index contributed by atoms with van der Waals surface area (Å²) < 4.78 is 40.4. The zero-order valence-electron chi connectivity index (χ0n) is 11.9. The van der Waals surface area contributed by atoms with Crippen molar-refractivity contribution < 1.29 is 11.5 Å². The van der Waals surface area contributed by atoms with Crippen LogP contribution in [-0.2, 0) is 0 Å². The predicted octanol–water partition coefficient (Wildman–Crippen LogP) is 3.25. The maximum Gasteiger partial charge on any atom is 0.201 e. The number of fused-ring (bicyclic) bond motifs is 1. The molecule has 0 unspecified atom stereocenters. The lowest BCUT2D eigenvalue weighted by atomic mass is 10.3. The average molecular weight is 295 g/mol. The van der Waals surface area contributed by atoms with Gasteiger partial charge in [-0.2, -0.15) is 5.10 Å². The molecule has 0 spiro atoms. The van der Waals surface area contributed by atoms with Crippen LogP contribution in [0.1, 0.15) is 2.74 Å². The molecule has 5 nitrogen and oxygen atoms in total. The lowest BCUT2D eigenvalue weighted by molar-refractivity contribution is 0.590. The molecule has 8 heteroatoms. The van der Waals surface area contributed by atoms with Crippen LogP contribution >= 0.6 is 11.8 Å². The zero-order chi connectivity index (χ0) is 15.7. The number of rotatable bonds is 4. The van der Waals surface area contributed by atoms with Crippen molar-refractivity contribution in [3.05, 3.63) is 36.4 Å². The average Bonchev–Trinajstić information content (AvgIpc) is 2.85. The van der Waals surface area contributed by atoms with Crippen LogP contribution in [0.4, 0.5) is 20.3 Å². The Bertz CT molecular complexity index is 821. The van der Waals surface area contributed by atoms with Crippen LogP contribution < -0.4 is 5.32 Å². The zero-order valence-corrected chi connectivity index (χ0v) is 10.7. The molecule has 3 aromatic rings. The molecule has 3 rings (SSSR count). The maximum absolute atomic E-state index is 13.6. The molecular weight excluding hydrogens is 284 g/mol. The minimum Gasteiger partial charge on any atom is -0.339 e. The third-order valence-corrected chi connectivity index (χ3v) is 3.15. The van der Waals surface area contributed by atoms with E-state index in [0.717, 1.165) is 6.07 Å². The molecule has 0 fully saturated rings. The summed E-state index contributed by atoms with van der Waals surface area (Å²) in [6, 6.07) is 3.87. The Balaban J connectivity index is 1.91. The van der Waals surface area contributed by atoms with Crippen LogP contribution in [0.2, 0.25) is 0 Å². The number of H-pyrrole nitrogens is 1. The summed E-state index contributed by atoms with van der Waals surface area (Å²) in [4.78, 5) is 7.99. The van der Waals surface area contributed by atoms with Gasteiger partial charge in [-0.3, -0.25) is 5.10 Å². The molecule has 0 saturated heterocycles. The molecule has 102 valence electrons. The fourth-order valence-corrected chi connectivity index (χ4v) is 2.12. The molecule has 0 atom stereocenters. The fourth-order valence-electron chi connectivity index (χ4n) is 1.68. The van der Waals surface area contributed by atoms with E-state index in [4.69, 9.17) is 2.74 Å². The maximum atomic E-state index is 13.6. The van der Waals surface area contributed by atoms with E-state index in [2.05, 4.69) is 25.5 Å². The van der Waals surface area contributed by atoms with Crippen molar-refractivity contribution in [2.24, 2.45) is 0 Å². The van der Waals surface area contributed by atoms with Crippen LogP contribution in [0.25, 0.3) is 11.2 Å². The molecule has 2 aromatic heterocycles. The number of hydrogen-bond acceptors (Lipinski definition) is 5. The summed E-state index contributed by atoms with van der Waals surface area (Å²) in [5.74, 6) is -3.31. The summed E-state index contributed by atoms with van der Waals surface area (Å²) in [7, 11) is 0. The second-order valence-electron chi connectivity index (χ2n) is 3.78. The van der Waals surface area contributed by atoms with Crippen molar-refractivity contribution in [3.63, 3.8) is 0 Å². The molecule has 2 N–H and O–H groups in total. The van der Waals surface area contributed by atoms with Gasteiger partial charge in [0.05, 0.1) is 2.74 Å². The number of hydrogen-bond donors (Lipinski definition) is 2. The molecular formula is C12H9F2N5S. The molecule has 0 aliphatic rings. The van der Waals surface area contributed by atoms with Crippen molar-refractivity contribution in [1.82, 2.24) is 20.2 Å². The van der Waals surface area contributed by atoms with E-state index in [-0.39, 0.29) is 16.7 Å². The monoisotopic (exact) mass is 295 g/mol. The molecule has 0 bridgehead atoms. The van der Waals surface area contributed by atoms with E-state index in [1.165, 1.54) is 24.5 Å². The van der Waals surface area contributed by atoms with Gasteiger partial charge in [0.1, 0.15) is 11.8 Å². The van der Waals surface area contributed by atoms with E-state index >= 15 is 0 Å². The molecule has 1 aromatic carbocycles. The highest BCUT2D eigenvalue weighted by molar-refractivity contribution is 7.99. The quantitative estimate of drug-likeness (QED) is 0.723. The molecule has 0 aliphatic heterocycles. The van der Waals surface area contributed by atoms with Crippen molar-refractivity contribution >= 4 is 34.4 Å². The summed E-state index contributed by atoms with van der Waals surface area (Å²) >= 11 is 0.156. The highest BCUT2D eigenvalue weighted by Crippen LogP contribution is 2.27. The van der Waals surface area contributed by atoms with E-state index in [0.29, 0.717) is 22.7 Å². The second kappa shape index (κ2) is 5.41. The highest BCUT2D eigenvalue weighted by atomic mass is 32.2. The summed E-state index contributed by atoms with van der Waals surface area (Å²) in [6.07, 6.45) is 3.01. The number of aromatic nitrogens is 4. The van der Waals surface area contributed by atoms with E-state index in [1.807, 2.05) is 0 Å². The Morgan fingerprint density at radius 3 is 3.05 bits per heavy atom. The summed E-state index contributed by atoms with van der Waals surface area (Å²) in [5, 5.41) is 9.60. The number of thioether (sulfide) groups is 1. The van der Waals surface area contributed by atoms with Crippen LogP contribution in [0.5, 0.6) is 0 Å². The van der Waals surface area contributed by atoms with Gasteiger partial charge < -0.3 is 5.32 Å². The number of anilines is 2. The minimum absolute atomic E-state index is 0.146. The van der Waals surface area contributed by atoms with Gasteiger partial charge in [0.15, 0.2) is 11.3 Å². The minimum atomic E-state index is -3.06. The van der Waals surface area contributed by atoms with Crippen LogP contribution in [0, 0.1) is 5.82 Å². The standard InChI is InChI=1S/C12H9F2N5S/c13-6-20-9-5-7(1-2-8(9)14)17-12-10-11(18-19-12)16-4-3-15-10/h1-5H,6H2,(H2,16,17,18,19)/i6D2. The Morgan fingerprint density at radius 1 is 1.35 bits per heavy atom. The van der Waals surface area contributed by atoms with E-state index < -0.39 is 11.8 Å². The van der Waals surface area contributed by atoms with Crippen molar-refractivity contribution in [2.75, 3.05) is 11.3 Å². The van der Waals surface area contributed by atoms with Crippen molar-refractivity contribution in [3.8, 4) is 0 Å². The summed E-state index contributed by atoms with van der Waals surface area (Å²) in [6.45, 7) is 0. The van der Waals surface area contributed by atoms with Gasteiger partial charge in [0.2, 0.25) is 5.65 Å². The Morgan fingerprint density at radius 2 is 2.20 bits per heavy atom. The molecule has 20 heavy (non-hydrogen) atoms. The Kier molecular flexibility index (Phi) is 2.86. The highest BCUT2D eigenvalue weighted by Gasteiger charge is 2.09. The van der Waals surface area contributed by atoms with Crippen LogP contribution in [0.15, 0.2) is 35.5 Å². The number of nitrogens with zero attached hydrogens (tertiary/aromatic N) is 3. The lowest BCUT2D eigenvalue weighted by Gasteiger charge is -2.06. The first kappa shape index (κ1) is 10.6. The normalized spacial score (nSPS) is 13.1. The third-order valence-electron chi connectivity index (χ3n) is 2.54. The topological polar surface area (TPSA) is 66.5 Å². The number of benzene rings is 1. The smallest absolute Gasteiger partial charge is 0.201 e. The first-order chi connectivity index (χ1) is 10.4. The second-order valence-corrected chi connectivity index (χ2v) is 4.57. The SMILES string of the molecule is [2H]C([2H])(F)Sc1cc(Nc2[nH]nc3nccnc23)ccc1F. The van der Waals surface area contributed by atoms with E-state index in [1.54, 1.807) is 0 Å². The van der Waals surface area contributed by atoms with Crippen LogP contribution in [-0.4, -0.2) is 26.1 Å². The van der Waals surface area contributed by atoms with Crippen molar-refractivity contribution in [2.45, 2.75) is 4.90 Å². The third kappa shape index (κ3) is 2.42. The Labute approximate surface area is 119 Å². The number of halogens is 2. The van der Waals surface area contributed by atoms with Crippen LogP contribution in [0.3, 0.4) is 0 Å². The molecule has 0 radical (unpaired) electrons. The Hall–Kier alpha value is -2.22. The lowest BCUT2D eigenvalue weighted by Crippen LogP contribution is -1.93. The first-order valence-electron chi connectivity index (χ1n) is 6.52. The van der Waals surface area contributed by atoms with E-state index in [9.17, 15) is 8.78 Å². The fraction of sp³-hybridized carbons (Fsp3) is 0.0833. The van der Waals surface area contributed by atoms with Gasteiger partial charge in [-0.25, -0.2) is 18.7 Å². The van der Waals surface area contributed by atoms with Crippen molar-refractivity contribution in [1.29, 1.82) is 0 Å². The van der Waals surface area contributed by atoms with Gasteiger partial charge in [0, 0.05) is 23.0 Å². The molecule has 0 saturated carbocycles. The number of aromatic amines is 1.